The average molecular weight is 335 g/mol. The van der Waals surface area contributed by atoms with E-state index in [-0.39, 0.29) is 18.3 Å². The Morgan fingerprint density at radius 2 is 1.79 bits per heavy atom. The molecular weight excluding hydrogens is 296 g/mol. The maximum absolute atomic E-state index is 10.6. The van der Waals surface area contributed by atoms with Crippen LogP contribution in [0, 0.1) is 34.5 Å². The quantitative estimate of drug-likeness (QED) is 0.753. The molecule has 0 aliphatic heterocycles. The number of ether oxygens (including phenoxy) is 1. The summed E-state index contributed by atoms with van der Waals surface area (Å²) < 4.78 is 6.15. The highest BCUT2D eigenvalue weighted by atomic mass is 16.5. The molecule has 4 aliphatic rings. The van der Waals surface area contributed by atoms with Gasteiger partial charge in [-0.1, -0.05) is 20.3 Å². The lowest BCUT2D eigenvalue weighted by atomic mass is 9.45. The molecule has 2 heteroatoms. The lowest BCUT2D eigenvalue weighted by molar-refractivity contribution is -0.177. The minimum absolute atomic E-state index is 0.0573. The Kier molecular flexibility index (Phi) is 4.32. The first-order chi connectivity index (χ1) is 11.3. The number of hydrogen-bond donors (Lipinski definition) is 1. The number of hydrogen-bond acceptors (Lipinski definition) is 2. The van der Waals surface area contributed by atoms with E-state index < -0.39 is 0 Å². The first kappa shape index (κ1) is 17.3. The number of aliphatic hydroxyl groups excluding tert-OH is 1. The highest BCUT2D eigenvalue weighted by Crippen LogP contribution is 2.66. The first-order valence-corrected chi connectivity index (χ1v) is 10.7. The Morgan fingerprint density at radius 1 is 1.00 bits per heavy atom. The van der Waals surface area contributed by atoms with Crippen molar-refractivity contribution in [2.45, 2.75) is 104 Å². The average Bonchev–Trinajstić information content (AvgIpc) is 2.90. The first-order valence-electron chi connectivity index (χ1n) is 10.7. The minimum atomic E-state index is -0.248. The van der Waals surface area contributed by atoms with Crippen LogP contribution in [0.25, 0.3) is 0 Å². The Morgan fingerprint density at radius 3 is 2.54 bits per heavy atom. The van der Waals surface area contributed by atoms with Gasteiger partial charge in [-0.2, -0.15) is 0 Å². The summed E-state index contributed by atoms with van der Waals surface area (Å²) in [6.07, 6.45) is 12.1. The summed E-state index contributed by atoms with van der Waals surface area (Å²) in [7, 11) is 0. The summed E-state index contributed by atoms with van der Waals surface area (Å²) in [5.74, 6) is 3.51. The van der Waals surface area contributed by atoms with Gasteiger partial charge in [-0.3, -0.25) is 0 Å². The van der Waals surface area contributed by atoms with Gasteiger partial charge in [0.25, 0.3) is 0 Å². The van der Waals surface area contributed by atoms with Gasteiger partial charge in [0.05, 0.1) is 18.3 Å². The smallest absolute Gasteiger partial charge is 0.0842 e. The van der Waals surface area contributed by atoms with Gasteiger partial charge in [-0.15, -0.1) is 0 Å². The van der Waals surface area contributed by atoms with Gasteiger partial charge in [0, 0.05) is 0 Å². The van der Waals surface area contributed by atoms with E-state index >= 15 is 0 Å². The molecule has 1 N–H and O–H groups in total. The molecule has 0 aromatic heterocycles. The zero-order valence-electron chi connectivity index (χ0n) is 16.3. The fourth-order valence-electron chi connectivity index (χ4n) is 7.73. The van der Waals surface area contributed by atoms with Gasteiger partial charge in [-0.05, 0) is 99.7 Å². The molecule has 0 aromatic rings. The third kappa shape index (κ3) is 2.58. The number of aliphatic hydroxyl groups is 1. The summed E-state index contributed by atoms with van der Waals surface area (Å²) in [6, 6.07) is 0. The number of fused-ring (bicyclic) bond motifs is 5. The second-order valence-corrected chi connectivity index (χ2v) is 10.5. The molecule has 24 heavy (non-hydrogen) atoms. The van der Waals surface area contributed by atoms with E-state index in [9.17, 15) is 5.11 Å². The fourth-order valence-corrected chi connectivity index (χ4v) is 7.73. The monoisotopic (exact) mass is 334 g/mol. The van der Waals surface area contributed by atoms with Crippen molar-refractivity contribution in [1.82, 2.24) is 0 Å². The molecule has 4 aliphatic carbocycles. The summed E-state index contributed by atoms with van der Waals surface area (Å²) in [6.45, 7) is 9.37. The normalized spacial score (nSPS) is 54.2. The van der Waals surface area contributed by atoms with Crippen molar-refractivity contribution >= 4 is 0 Å². The van der Waals surface area contributed by atoms with E-state index in [1.54, 1.807) is 0 Å². The molecule has 0 bridgehead atoms. The SMILES string of the molecule is CC(C)OC1CC2(C)C(CCC3C4CCCC4(C)CCC32)CC1O. The van der Waals surface area contributed by atoms with Crippen molar-refractivity contribution < 1.29 is 9.84 Å². The second kappa shape index (κ2) is 5.98. The number of rotatable bonds is 2. The van der Waals surface area contributed by atoms with Crippen LogP contribution in [0.2, 0.25) is 0 Å². The summed E-state index contributed by atoms with van der Waals surface area (Å²) in [5, 5.41) is 10.6. The van der Waals surface area contributed by atoms with Gasteiger partial charge in [0.15, 0.2) is 0 Å². The maximum Gasteiger partial charge on any atom is 0.0842 e. The predicted octanol–water partition coefficient (Wildman–Crippen LogP) is 5.18. The highest BCUT2D eigenvalue weighted by Gasteiger charge is 2.59. The van der Waals surface area contributed by atoms with E-state index in [0.29, 0.717) is 16.7 Å². The molecule has 8 atom stereocenters. The van der Waals surface area contributed by atoms with Gasteiger partial charge >= 0.3 is 0 Å². The Bertz CT molecular complexity index is 475. The standard InChI is InChI=1S/C22H38O2/c1-14(2)24-20-13-22(4)15(12-19(20)23)7-8-16-17-6-5-10-21(17,3)11-9-18(16)22/h14-20,23H,5-13H2,1-4H3. The van der Waals surface area contributed by atoms with Crippen molar-refractivity contribution in [2.24, 2.45) is 34.5 Å². The van der Waals surface area contributed by atoms with Crippen LogP contribution in [-0.4, -0.2) is 23.4 Å². The van der Waals surface area contributed by atoms with E-state index in [1.165, 1.54) is 44.9 Å². The molecule has 0 radical (unpaired) electrons. The third-order valence-corrected chi connectivity index (χ3v) is 8.89. The maximum atomic E-state index is 10.6. The van der Waals surface area contributed by atoms with Crippen LogP contribution in [0.3, 0.4) is 0 Å². The minimum Gasteiger partial charge on any atom is -0.390 e. The topological polar surface area (TPSA) is 29.5 Å². The highest BCUT2D eigenvalue weighted by molar-refractivity contribution is 5.08. The van der Waals surface area contributed by atoms with E-state index in [1.807, 2.05) is 0 Å². The zero-order valence-corrected chi connectivity index (χ0v) is 16.3. The molecule has 2 nitrogen and oxygen atoms in total. The van der Waals surface area contributed by atoms with Gasteiger partial charge in [0.2, 0.25) is 0 Å². The van der Waals surface area contributed by atoms with Gasteiger partial charge < -0.3 is 9.84 Å². The molecule has 4 saturated carbocycles. The zero-order chi connectivity index (χ0) is 17.1. The van der Waals surface area contributed by atoms with Crippen molar-refractivity contribution in [3.63, 3.8) is 0 Å². The van der Waals surface area contributed by atoms with Crippen LogP contribution >= 0.6 is 0 Å². The van der Waals surface area contributed by atoms with Crippen LogP contribution in [-0.2, 0) is 4.74 Å². The Hall–Kier alpha value is -0.0800. The molecule has 4 rings (SSSR count). The molecule has 0 spiro atoms. The lowest BCUT2D eigenvalue weighted by Crippen LogP contribution is -2.56. The summed E-state index contributed by atoms with van der Waals surface area (Å²) in [5.41, 5.74) is 1.04. The molecule has 0 aromatic carbocycles. The molecule has 0 saturated heterocycles. The van der Waals surface area contributed by atoms with E-state index in [2.05, 4.69) is 27.7 Å². The van der Waals surface area contributed by atoms with Crippen LogP contribution in [0.1, 0.15) is 85.5 Å². The van der Waals surface area contributed by atoms with E-state index in [0.717, 1.165) is 30.6 Å². The molecule has 138 valence electrons. The molecule has 4 fully saturated rings. The lowest BCUT2D eigenvalue weighted by Gasteiger charge is -2.61. The van der Waals surface area contributed by atoms with Crippen LogP contribution in [0.15, 0.2) is 0 Å². The summed E-state index contributed by atoms with van der Waals surface area (Å²) in [4.78, 5) is 0. The molecular formula is C22H38O2. The van der Waals surface area contributed by atoms with Crippen molar-refractivity contribution in [3.05, 3.63) is 0 Å². The molecule has 0 amide bonds. The van der Waals surface area contributed by atoms with E-state index in [4.69, 9.17) is 4.74 Å². The third-order valence-electron chi connectivity index (χ3n) is 8.89. The summed E-state index contributed by atoms with van der Waals surface area (Å²) >= 11 is 0. The van der Waals surface area contributed by atoms with Crippen LogP contribution < -0.4 is 0 Å². The predicted molar refractivity (Wildman–Crippen MR) is 97.7 cm³/mol. The van der Waals surface area contributed by atoms with Crippen molar-refractivity contribution in [3.8, 4) is 0 Å². The van der Waals surface area contributed by atoms with Crippen LogP contribution in [0.4, 0.5) is 0 Å². The largest absolute Gasteiger partial charge is 0.390 e. The molecule has 0 heterocycles. The van der Waals surface area contributed by atoms with Gasteiger partial charge in [-0.25, -0.2) is 0 Å². The van der Waals surface area contributed by atoms with Crippen LogP contribution in [0.5, 0.6) is 0 Å². The van der Waals surface area contributed by atoms with Crippen molar-refractivity contribution in [1.29, 1.82) is 0 Å². The molecule has 8 unspecified atom stereocenters. The Labute approximate surface area is 148 Å². The fraction of sp³-hybridized carbons (Fsp3) is 1.00. The second-order valence-electron chi connectivity index (χ2n) is 10.5. The van der Waals surface area contributed by atoms with Gasteiger partial charge in [0.1, 0.15) is 0 Å². The van der Waals surface area contributed by atoms with Crippen molar-refractivity contribution in [2.75, 3.05) is 0 Å². The Balaban J connectivity index is 1.58.